The molecule has 2 aromatic carbocycles. The lowest BCUT2D eigenvalue weighted by Crippen LogP contribution is -2.45. The second-order valence-corrected chi connectivity index (χ2v) is 10.5. The van der Waals surface area contributed by atoms with E-state index in [4.69, 9.17) is 14.2 Å². The molecule has 39 heavy (non-hydrogen) atoms. The van der Waals surface area contributed by atoms with Gasteiger partial charge in [0.2, 0.25) is 11.8 Å². The van der Waals surface area contributed by atoms with Crippen molar-refractivity contribution in [1.29, 1.82) is 0 Å². The summed E-state index contributed by atoms with van der Waals surface area (Å²) < 4.78 is 16.6. The molecule has 0 N–H and O–H groups in total. The van der Waals surface area contributed by atoms with Gasteiger partial charge in [-0.05, 0) is 60.0 Å². The summed E-state index contributed by atoms with van der Waals surface area (Å²) in [6, 6.07) is 19.5. The number of ether oxygens (including phenoxy) is 3. The van der Waals surface area contributed by atoms with E-state index in [-0.39, 0.29) is 24.5 Å². The summed E-state index contributed by atoms with van der Waals surface area (Å²) >= 11 is 1.62. The summed E-state index contributed by atoms with van der Waals surface area (Å²) in [5.41, 5.74) is 1.97. The molecule has 1 aromatic heterocycles. The Morgan fingerprint density at radius 1 is 1.03 bits per heavy atom. The van der Waals surface area contributed by atoms with Crippen LogP contribution in [0.2, 0.25) is 0 Å². The van der Waals surface area contributed by atoms with Crippen molar-refractivity contribution in [3.05, 3.63) is 88.1 Å². The molecule has 1 aliphatic rings. The minimum Gasteiger partial charge on any atom is -0.493 e. The zero-order valence-electron chi connectivity index (χ0n) is 22.6. The van der Waals surface area contributed by atoms with Gasteiger partial charge < -0.3 is 24.0 Å². The van der Waals surface area contributed by atoms with Crippen LogP contribution in [0.3, 0.4) is 0 Å². The van der Waals surface area contributed by atoms with Gasteiger partial charge in [-0.2, -0.15) is 0 Å². The lowest BCUT2D eigenvalue weighted by atomic mass is 10.1. The monoisotopic (exact) mass is 548 g/mol. The molecule has 0 spiro atoms. The first-order valence-corrected chi connectivity index (χ1v) is 14.1. The van der Waals surface area contributed by atoms with E-state index in [0.717, 1.165) is 28.8 Å². The van der Waals surface area contributed by atoms with Crippen LogP contribution in [0.1, 0.15) is 28.8 Å². The lowest BCUT2D eigenvalue weighted by Gasteiger charge is -2.28. The topological polar surface area (TPSA) is 68.3 Å². The van der Waals surface area contributed by atoms with Crippen molar-refractivity contribution in [1.82, 2.24) is 9.80 Å². The molecular formula is C31H36N2O5S. The molecule has 0 saturated carbocycles. The third kappa shape index (κ3) is 8.43. The Balaban J connectivity index is 1.48. The Bertz CT molecular complexity index is 1220. The number of nitrogens with zero attached hydrogens (tertiary/aromatic N) is 2. The molecule has 1 fully saturated rings. The molecule has 1 unspecified atom stereocenters. The fourth-order valence-corrected chi connectivity index (χ4v) is 5.27. The molecule has 206 valence electrons. The molecule has 4 rings (SSSR count). The summed E-state index contributed by atoms with van der Waals surface area (Å²) in [6.45, 7) is 2.08. The second-order valence-electron chi connectivity index (χ2n) is 9.43. The normalized spacial score (nSPS) is 14.9. The summed E-state index contributed by atoms with van der Waals surface area (Å²) in [4.78, 5) is 31.5. The van der Waals surface area contributed by atoms with E-state index in [1.165, 1.54) is 0 Å². The van der Waals surface area contributed by atoms with Crippen molar-refractivity contribution in [3.8, 4) is 11.5 Å². The fraction of sp³-hybridized carbons (Fsp3) is 0.355. The van der Waals surface area contributed by atoms with Crippen LogP contribution in [0.4, 0.5) is 0 Å². The van der Waals surface area contributed by atoms with Gasteiger partial charge in [-0.15, -0.1) is 11.3 Å². The van der Waals surface area contributed by atoms with Crippen LogP contribution in [-0.2, 0) is 27.3 Å². The van der Waals surface area contributed by atoms with Crippen molar-refractivity contribution in [3.63, 3.8) is 0 Å². The summed E-state index contributed by atoms with van der Waals surface area (Å²) in [7, 11) is 3.22. The van der Waals surface area contributed by atoms with E-state index < -0.39 is 0 Å². The molecule has 2 amide bonds. The fourth-order valence-electron chi connectivity index (χ4n) is 4.55. The maximum atomic E-state index is 13.7. The van der Waals surface area contributed by atoms with E-state index >= 15 is 0 Å². The van der Waals surface area contributed by atoms with E-state index in [9.17, 15) is 9.59 Å². The zero-order valence-corrected chi connectivity index (χ0v) is 23.4. The standard InChI is InChI=1S/C31H36N2O5S/c1-36-28-14-12-25(20-29(28)37-2)16-17-32(22-27-11-7-19-39-27)31(35)23-33(21-26-10-6-18-38-26)30(34)15-13-24-8-4-3-5-9-24/h3-5,7-9,11-15,19-20,26H,6,10,16-18,21-23H2,1-2H3. The van der Waals surface area contributed by atoms with E-state index in [1.54, 1.807) is 42.6 Å². The highest BCUT2D eigenvalue weighted by Crippen LogP contribution is 2.28. The number of carbonyl (C=O) groups is 2. The van der Waals surface area contributed by atoms with Gasteiger partial charge in [-0.3, -0.25) is 9.59 Å². The SMILES string of the molecule is COc1ccc(CCN(Cc2cccs2)C(=O)CN(CC2CCCO2)C(=O)C=Cc2ccccc2)cc1OC. The minimum atomic E-state index is -0.196. The van der Waals surface area contributed by atoms with Crippen LogP contribution in [-0.4, -0.2) is 68.2 Å². The first-order valence-electron chi connectivity index (χ1n) is 13.2. The number of amides is 2. The molecule has 7 nitrogen and oxygen atoms in total. The highest BCUT2D eigenvalue weighted by atomic mass is 32.1. The van der Waals surface area contributed by atoms with E-state index in [2.05, 4.69) is 0 Å². The third-order valence-corrected chi connectivity index (χ3v) is 7.56. The Kier molecular flexibility index (Phi) is 10.6. The van der Waals surface area contributed by atoms with Crippen molar-refractivity contribution in [2.24, 2.45) is 0 Å². The van der Waals surface area contributed by atoms with E-state index in [1.807, 2.05) is 70.9 Å². The quantitative estimate of drug-likeness (QED) is 0.280. The lowest BCUT2D eigenvalue weighted by molar-refractivity contribution is -0.139. The summed E-state index contributed by atoms with van der Waals surface area (Å²) in [5, 5.41) is 2.01. The van der Waals surface area contributed by atoms with Crippen LogP contribution < -0.4 is 9.47 Å². The first-order chi connectivity index (χ1) is 19.1. The molecule has 1 atom stereocenters. The molecule has 1 aliphatic heterocycles. The van der Waals surface area contributed by atoms with Gasteiger partial charge in [0.15, 0.2) is 11.5 Å². The van der Waals surface area contributed by atoms with Gasteiger partial charge in [0.05, 0.1) is 26.9 Å². The largest absolute Gasteiger partial charge is 0.493 e. The number of methoxy groups -OCH3 is 2. The van der Waals surface area contributed by atoms with Crippen LogP contribution in [0.25, 0.3) is 6.08 Å². The number of thiophene rings is 1. The van der Waals surface area contributed by atoms with Crippen LogP contribution >= 0.6 is 11.3 Å². The zero-order chi connectivity index (χ0) is 27.5. The Hall–Kier alpha value is -3.62. The highest BCUT2D eigenvalue weighted by molar-refractivity contribution is 7.09. The molecular weight excluding hydrogens is 512 g/mol. The minimum absolute atomic E-state index is 0.00483. The van der Waals surface area contributed by atoms with Gasteiger partial charge in [-0.25, -0.2) is 0 Å². The average molecular weight is 549 g/mol. The molecule has 0 radical (unpaired) electrons. The predicted molar refractivity (Wildman–Crippen MR) is 154 cm³/mol. The summed E-state index contributed by atoms with van der Waals surface area (Å²) in [6.07, 6.45) is 5.78. The second kappa shape index (κ2) is 14.5. The van der Waals surface area contributed by atoms with Crippen molar-refractivity contribution < 1.29 is 23.8 Å². The molecule has 0 aliphatic carbocycles. The number of benzene rings is 2. The van der Waals surface area contributed by atoms with Crippen LogP contribution in [0.5, 0.6) is 11.5 Å². The molecule has 0 bridgehead atoms. The number of hydrogen-bond acceptors (Lipinski definition) is 6. The predicted octanol–water partition coefficient (Wildman–Crippen LogP) is 5.06. The Morgan fingerprint density at radius 2 is 1.85 bits per heavy atom. The van der Waals surface area contributed by atoms with E-state index in [0.29, 0.717) is 44.2 Å². The third-order valence-electron chi connectivity index (χ3n) is 6.70. The molecule has 1 saturated heterocycles. The van der Waals surface area contributed by atoms with Crippen LogP contribution in [0, 0.1) is 0 Å². The van der Waals surface area contributed by atoms with Crippen molar-refractivity contribution in [2.75, 3.05) is 40.5 Å². The van der Waals surface area contributed by atoms with Crippen LogP contribution in [0.15, 0.2) is 72.1 Å². The first kappa shape index (κ1) is 28.4. The number of carbonyl (C=O) groups excluding carboxylic acids is 2. The van der Waals surface area contributed by atoms with Gasteiger partial charge in [0, 0.05) is 30.6 Å². The molecule has 3 aromatic rings. The molecule has 2 heterocycles. The maximum Gasteiger partial charge on any atom is 0.247 e. The van der Waals surface area contributed by atoms with Crippen molar-refractivity contribution >= 4 is 29.2 Å². The Morgan fingerprint density at radius 3 is 2.54 bits per heavy atom. The van der Waals surface area contributed by atoms with Gasteiger partial charge in [-0.1, -0.05) is 42.5 Å². The molecule has 8 heteroatoms. The highest BCUT2D eigenvalue weighted by Gasteiger charge is 2.25. The van der Waals surface area contributed by atoms with Crippen molar-refractivity contribution in [2.45, 2.75) is 31.9 Å². The summed E-state index contributed by atoms with van der Waals surface area (Å²) in [5.74, 6) is 1.03. The smallest absolute Gasteiger partial charge is 0.247 e. The number of hydrogen-bond donors (Lipinski definition) is 0. The Labute approximate surface area is 234 Å². The number of rotatable bonds is 13. The average Bonchev–Trinajstić information content (AvgIpc) is 3.68. The van der Waals surface area contributed by atoms with Gasteiger partial charge in [0.25, 0.3) is 0 Å². The maximum absolute atomic E-state index is 13.7. The van der Waals surface area contributed by atoms with Gasteiger partial charge in [0.1, 0.15) is 6.54 Å². The van der Waals surface area contributed by atoms with Gasteiger partial charge >= 0.3 is 0 Å².